The maximum atomic E-state index is 12.3. The van der Waals surface area contributed by atoms with Crippen LogP contribution < -0.4 is 5.56 Å². The molecule has 4 rings (SSSR count). The van der Waals surface area contributed by atoms with Gasteiger partial charge in [-0.3, -0.25) is 14.1 Å². The zero-order chi connectivity index (χ0) is 18.8. The van der Waals surface area contributed by atoms with E-state index in [0.717, 1.165) is 11.4 Å². The van der Waals surface area contributed by atoms with Gasteiger partial charge in [-0.25, -0.2) is 14.6 Å². The zero-order valence-corrected chi connectivity index (χ0v) is 15.2. The summed E-state index contributed by atoms with van der Waals surface area (Å²) < 4.78 is 3.28. The number of rotatable bonds is 5. The molecule has 7 nitrogen and oxygen atoms in total. The van der Waals surface area contributed by atoms with E-state index in [1.165, 1.54) is 11.9 Å². The first-order chi connectivity index (χ1) is 13.1. The molecule has 0 aliphatic carbocycles. The van der Waals surface area contributed by atoms with Crippen LogP contribution in [0.15, 0.2) is 72.2 Å². The van der Waals surface area contributed by atoms with Crippen molar-refractivity contribution in [2.24, 2.45) is 0 Å². The van der Waals surface area contributed by atoms with Crippen LogP contribution in [-0.4, -0.2) is 36.1 Å². The molecule has 1 unspecified atom stereocenters. The van der Waals surface area contributed by atoms with Crippen molar-refractivity contribution in [3.63, 3.8) is 0 Å². The van der Waals surface area contributed by atoms with Gasteiger partial charge in [-0.05, 0) is 43.8 Å². The number of fused-ring (bicyclic) bond motifs is 1. The van der Waals surface area contributed by atoms with Gasteiger partial charge in [0.2, 0.25) is 0 Å². The van der Waals surface area contributed by atoms with Gasteiger partial charge < -0.3 is 0 Å². The minimum absolute atomic E-state index is 0.0613. The first-order valence-electron chi connectivity index (χ1n) is 8.74. The molecule has 136 valence electrons. The molecule has 0 saturated carbocycles. The molecule has 0 aliphatic rings. The number of hydrogen-bond acceptors (Lipinski definition) is 5. The molecule has 27 heavy (non-hydrogen) atoms. The van der Waals surface area contributed by atoms with E-state index in [1.807, 2.05) is 37.4 Å². The van der Waals surface area contributed by atoms with Crippen LogP contribution in [0, 0.1) is 0 Å². The van der Waals surface area contributed by atoms with Gasteiger partial charge in [0.1, 0.15) is 18.3 Å². The molecule has 0 radical (unpaired) electrons. The van der Waals surface area contributed by atoms with Gasteiger partial charge in [0.15, 0.2) is 0 Å². The fourth-order valence-electron chi connectivity index (χ4n) is 3.08. The summed E-state index contributed by atoms with van der Waals surface area (Å²) >= 11 is 0. The summed E-state index contributed by atoms with van der Waals surface area (Å²) in [5.74, 6) is 0. The summed E-state index contributed by atoms with van der Waals surface area (Å²) in [7, 11) is 2.03. The van der Waals surface area contributed by atoms with E-state index < -0.39 is 0 Å². The Balaban J connectivity index is 1.52. The molecule has 1 atom stereocenters. The Morgan fingerprint density at radius 3 is 2.70 bits per heavy atom. The van der Waals surface area contributed by atoms with E-state index in [9.17, 15) is 4.79 Å². The highest BCUT2D eigenvalue weighted by Crippen LogP contribution is 2.21. The Morgan fingerprint density at radius 1 is 1.15 bits per heavy atom. The Kier molecular flexibility index (Phi) is 4.52. The highest BCUT2D eigenvalue weighted by molar-refractivity contribution is 5.38. The normalized spacial score (nSPS) is 12.6. The monoisotopic (exact) mass is 360 g/mol. The Bertz CT molecular complexity index is 1100. The lowest BCUT2D eigenvalue weighted by molar-refractivity contribution is 0.250. The van der Waals surface area contributed by atoms with Gasteiger partial charge in [-0.2, -0.15) is 5.10 Å². The summed E-state index contributed by atoms with van der Waals surface area (Å²) in [6.07, 6.45) is 4.93. The number of hydrogen-bond donors (Lipinski definition) is 0. The first-order valence-corrected chi connectivity index (χ1v) is 8.74. The fourth-order valence-corrected chi connectivity index (χ4v) is 3.08. The summed E-state index contributed by atoms with van der Waals surface area (Å²) in [5, 5.41) is 4.14. The second-order valence-electron chi connectivity index (χ2n) is 6.54. The van der Waals surface area contributed by atoms with Crippen molar-refractivity contribution in [2.45, 2.75) is 19.5 Å². The standard InChI is InChI=1S/C20H20N6O/c1-15(16-6-8-18(9-7-16)26-14-21-13-22-26)24(2)12-17-11-20(27)25-10-4-3-5-19(25)23-17/h3-11,13-15H,12H2,1-2H3. The topological polar surface area (TPSA) is 68.3 Å². The highest BCUT2D eigenvalue weighted by atomic mass is 16.1. The van der Waals surface area contributed by atoms with Crippen molar-refractivity contribution in [3.8, 4) is 5.69 Å². The van der Waals surface area contributed by atoms with E-state index in [0.29, 0.717) is 12.2 Å². The van der Waals surface area contributed by atoms with E-state index in [2.05, 4.69) is 39.0 Å². The van der Waals surface area contributed by atoms with Gasteiger partial charge in [0, 0.05) is 24.8 Å². The molecule has 1 aromatic carbocycles. The Morgan fingerprint density at radius 2 is 1.96 bits per heavy atom. The molecule has 3 aromatic heterocycles. The molecule has 0 fully saturated rings. The third-order valence-electron chi connectivity index (χ3n) is 4.76. The molecule has 3 heterocycles. The van der Waals surface area contributed by atoms with Crippen LogP contribution in [0.4, 0.5) is 0 Å². The van der Waals surface area contributed by atoms with Crippen LogP contribution in [0.1, 0.15) is 24.2 Å². The molecular weight excluding hydrogens is 340 g/mol. The van der Waals surface area contributed by atoms with Crippen LogP contribution in [0.25, 0.3) is 11.3 Å². The summed E-state index contributed by atoms with van der Waals surface area (Å²) in [5.41, 5.74) is 3.51. The molecule has 0 spiro atoms. The Hall–Kier alpha value is -3.32. The maximum absolute atomic E-state index is 12.3. The summed E-state index contributed by atoms with van der Waals surface area (Å²) in [6, 6.07) is 15.5. The Labute approximate surface area is 156 Å². The van der Waals surface area contributed by atoms with Crippen molar-refractivity contribution < 1.29 is 0 Å². The SMILES string of the molecule is CC(c1ccc(-n2cncn2)cc1)N(C)Cc1cc(=O)n2ccccc2n1. The molecule has 0 N–H and O–H groups in total. The van der Waals surface area contributed by atoms with Gasteiger partial charge in [0.05, 0.1) is 11.4 Å². The van der Waals surface area contributed by atoms with Crippen LogP contribution >= 0.6 is 0 Å². The number of nitrogens with zero attached hydrogens (tertiary/aromatic N) is 6. The largest absolute Gasteiger partial charge is 0.294 e. The molecule has 0 aliphatic heterocycles. The van der Waals surface area contributed by atoms with Crippen LogP contribution in [0.2, 0.25) is 0 Å². The van der Waals surface area contributed by atoms with E-state index >= 15 is 0 Å². The molecule has 0 amide bonds. The molecular formula is C20H20N6O. The average molecular weight is 360 g/mol. The van der Waals surface area contributed by atoms with Gasteiger partial charge >= 0.3 is 0 Å². The van der Waals surface area contributed by atoms with E-state index in [4.69, 9.17) is 0 Å². The third-order valence-corrected chi connectivity index (χ3v) is 4.76. The lowest BCUT2D eigenvalue weighted by Crippen LogP contribution is -2.24. The van der Waals surface area contributed by atoms with Gasteiger partial charge in [-0.15, -0.1) is 0 Å². The zero-order valence-electron chi connectivity index (χ0n) is 15.2. The summed E-state index contributed by atoms with van der Waals surface area (Å²) in [6.45, 7) is 2.73. The fraction of sp³-hybridized carbons (Fsp3) is 0.200. The van der Waals surface area contributed by atoms with E-state index in [-0.39, 0.29) is 11.6 Å². The molecule has 7 heteroatoms. The average Bonchev–Trinajstić information content (AvgIpc) is 3.22. The van der Waals surface area contributed by atoms with Crippen molar-refractivity contribution >= 4 is 5.65 Å². The van der Waals surface area contributed by atoms with Crippen molar-refractivity contribution in [3.05, 3.63) is 89.0 Å². The van der Waals surface area contributed by atoms with Crippen molar-refractivity contribution in [2.75, 3.05) is 7.05 Å². The molecule has 4 aromatic rings. The smallest absolute Gasteiger partial charge is 0.258 e. The maximum Gasteiger partial charge on any atom is 0.258 e. The van der Waals surface area contributed by atoms with Crippen molar-refractivity contribution in [1.29, 1.82) is 0 Å². The van der Waals surface area contributed by atoms with Crippen LogP contribution in [-0.2, 0) is 6.54 Å². The number of benzene rings is 1. The third kappa shape index (κ3) is 3.50. The van der Waals surface area contributed by atoms with Gasteiger partial charge in [0.25, 0.3) is 5.56 Å². The number of pyridine rings is 1. The quantitative estimate of drug-likeness (QED) is 0.547. The van der Waals surface area contributed by atoms with Crippen molar-refractivity contribution in [1.82, 2.24) is 29.0 Å². The predicted molar refractivity (Wildman–Crippen MR) is 103 cm³/mol. The predicted octanol–water partition coefficient (Wildman–Crippen LogP) is 2.47. The van der Waals surface area contributed by atoms with E-state index in [1.54, 1.807) is 27.7 Å². The molecule has 0 bridgehead atoms. The minimum atomic E-state index is -0.0613. The second kappa shape index (κ2) is 7.13. The second-order valence-corrected chi connectivity index (χ2v) is 6.54. The first kappa shape index (κ1) is 17.1. The minimum Gasteiger partial charge on any atom is -0.294 e. The lowest BCUT2D eigenvalue weighted by Gasteiger charge is -2.25. The highest BCUT2D eigenvalue weighted by Gasteiger charge is 2.14. The van der Waals surface area contributed by atoms with Crippen LogP contribution in [0.3, 0.4) is 0 Å². The van der Waals surface area contributed by atoms with Gasteiger partial charge in [-0.1, -0.05) is 18.2 Å². The summed E-state index contributed by atoms with van der Waals surface area (Å²) in [4.78, 5) is 23.0. The number of aromatic nitrogens is 5. The van der Waals surface area contributed by atoms with Crippen LogP contribution in [0.5, 0.6) is 0 Å². The molecule has 0 saturated heterocycles. The lowest BCUT2D eigenvalue weighted by atomic mass is 10.1.